The maximum absolute atomic E-state index is 12.1. The summed E-state index contributed by atoms with van der Waals surface area (Å²) in [5.41, 5.74) is 0.337. The lowest BCUT2D eigenvalue weighted by molar-refractivity contribution is -0.120. The van der Waals surface area contributed by atoms with E-state index in [0.29, 0.717) is 5.56 Å². The third-order valence-electron chi connectivity index (χ3n) is 2.25. The number of aryl methyl sites for hydroxylation is 1. The van der Waals surface area contributed by atoms with Gasteiger partial charge in [-0.15, -0.1) is 11.3 Å². The Balaban J connectivity index is 2.93. The summed E-state index contributed by atoms with van der Waals surface area (Å²) >= 11 is 0.837. The van der Waals surface area contributed by atoms with Crippen LogP contribution in [0.4, 0.5) is 0 Å². The van der Waals surface area contributed by atoms with E-state index in [9.17, 15) is 18.0 Å². The summed E-state index contributed by atoms with van der Waals surface area (Å²) in [7, 11) is -4.04. The molecule has 1 aromatic heterocycles. The molecule has 3 N–H and O–H groups in total. The second-order valence-electron chi connectivity index (χ2n) is 4.43. The van der Waals surface area contributed by atoms with Gasteiger partial charge >= 0.3 is 5.97 Å². The predicted octanol–water partition coefficient (Wildman–Crippen LogP) is 0.558. The molecule has 0 aromatic carbocycles. The monoisotopic (exact) mass is 320 g/mol. The van der Waals surface area contributed by atoms with E-state index in [1.54, 1.807) is 13.8 Å². The first kappa shape index (κ1) is 16.6. The first-order chi connectivity index (χ1) is 9.15. The van der Waals surface area contributed by atoms with Crippen LogP contribution in [0.3, 0.4) is 0 Å². The van der Waals surface area contributed by atoms with Crippen LogP contribution in [0.1, 0.15) is 29.1 Å². The lowest BCUT2D eigenvalue weighted by Gasteiger charge is -2.10. The van der Waals surface area contributed by atoms with Crippen LogP contribution >= 0.6 is 11.3 Å². The number of thiophene rings is 1. The topological polar surface area (TPSA) is 113 Å². The molecule has 20 heavy (non-hydrogen) atoms. The molecule has 1 aromatic rings. The van der Waals surface area contributed by atoms with Crippen molar-refractivity contribution in [2.45, 2.75) is 31.7 Å². The number of rotatable bonds is 6. The quantitative estimate of drug-likeness (QED) is 0.709. The second-order valence-corrected chi connectivity index (χ2v) is 7.01. The van der Waals surface area contributed by atoms with Crippen molar-refractivity contribution in [2.24, 2.45) is 0 Å². The van der Waals surface area contributed by atoms with Crippen LogP contribution in [0.5, 0.6) is 0 Å². The van der Waals surface area contributed by atoms with Gasteiger partial charge in [-0.3, -0.25) is 4.79 Å². The molecule has 1 rings (SSSR count). The van der Waals surface area contributed by atoms with Crippen LogP contribution in [0, 0.1) is 6.92 Å². The Morgan fingerprint density at radius 2 is 2.00 bits per heavy atom. The van der Waals surface area contributed by atoms with E-state index in [2.05, 4.69) is 10.0 Å². The highest BCUT2D eigenvalue weighted by atomic mass is 32.2. The van der Waals surface area contributed by atoms with E-state index >= 15 is 0 Å². The van der Waals surface area contributed by atoms with Gasteiger partial charge < -0.3 is 10.4 Å². The third kappa shape index (κ3) is 4.02. The fourth-order valence-corrected chi connectivity index (χ4v) is 4.13. The normalized spacial score (nSPS) is 11.6. The van der Waals surface area contributed by atoms with E-state index in [1.165, 1.54) is 12.3 Å². The molecule has 0 aliphatic rings. The number of carboxylic acids is 1. The molecule has 0 atom stereocenters. The SMILES string of the molecule is Cc1csc(C(=O)O)c1S(=O)(=O)NCC(=O)NC(C)C. The predicted molar refractivity (Wildman–Crippen MR) is 74.5 cm³/mol. The molecule has 0 saturated heterocycles. The summed E-state index contributed by atoms with van der Waals surface area (Å²) in [6.45, 7) is 4.57. The fraction of sp³-hybridized carbons (Fsp3) is 0.455. The molecule has 112 valence electrons. The summed E-state index contributed by atoms with van der Waals surface area (Å²) in [5.74, 6) is -1.79. The molecule has 0 radical (unpaired) electrons. The van der Waals surface area contributed by atoms with Crippen molar-refractivity contribution in [2.75, 3.05) is 6.54 Å². The Morgan fingerprint density at radius 3 is 2.50 bits per heavy atom. The first-order valence-electron chi connectivity index (χ1n) is 5.75. The molecular weight excluding hydrogens is 304 g/mol. The molecule has 0 saturated carbocycles. The van der Waals surface area contributed by atoms with Gasteiger partial charge in [-0.05, 0) is 31.7 Å². The molecule has 9 heteroatoms. The summed E-state index contributed by atoms with van der Waals surface area (Å²) in [4.78, 5) is 21.9. The van der Waals surface area contributed by atoms with Crippen molar-refractivity contribution in [1.82, 2.24) is 10.0 Å². The largest absolute Gasteiger partial charge is 0.477 e. The number of hydrogen-bond acceptors (Lipinski definition) is 5. The number of hydrogen-bond donors (Lipinski definition) is 3. The van der Waals surface area contributed by atoms with E-state index in [0.717, 1.165) is 11.3 Å². The first-order valence-corrected chi connectivity index (χ1v) is 8.12. The Morgan fingerprint density at radius 1 is 1.40 bits per heavy atom. The van der Waals surface area contributed by atoms with Crippen molar-refractivity contribution < 1.29 is 23.1 Å². The van der Waals surface area contributed by atoms with Crippen molar-refractivity contribution in [3.8, 4) is 0 Å². The molecule has 0 spiro atoms. The molecule has 0 fully saturated rings. The van der Waals surface area contributed by atoms with E-state index < -0.39 is 28.4 Å². The minimum atomic E-state index is -4.04. The Labute approximate surface area is 121 Å². The van der Waals surface area contributed by atoms with Crippen molar-refractivity contribution in [1.29, 1.82) is 0 Å². The Bertz CT molecular complexity index is 619. The maximum Gasteiger partial charge on any atom is 0.347 e. The van der Waals surface area contributed by atoms with Crippen LogP contribution in [0.2, 0.25) is 0 Å². The number of amides is 1. The Hall–Kier alpha value is -1.45. The van der Waals surface area contributed by atoms with Gasteiger partial charge in [0.1, 0.15) is 9.77 Å². The van der Waals surface area contributed by atoms with Gasteiger partial charge in [0, 0.05) is 6.04 Å². The highest BCUT2D eigenvalue weighted by Gasteiger charge is 2.27. The van der Waals surface area contributed by atoms with Gasteiger partial charge in [-0.25, -0.2) is 17.9 Å². The van der Waals surface area contributed by atoms with Crippen LogP contribution in [0.15, 0.2) is 10.3 Å². The number of aromatic carboxylic acids is 1. The lowest BCUT2D eigenvalue weighted by Crippen LogP contribution is -2.40. The molecule has 7 nitrogen and oxygen atoms in total. The van der Waals surface area contributed by atoms with Gasteiger partial charge in [0.05, 0.1) is 6.54 Å². The van der Waals surface area contributed by atoms with E-state index in [1.807, 2.05) is 0 Å². The smallest absolute Gasteiger partial charge is 0.347 e. The van der Waals surface area contributed by atoms with E-state index in [-0.39, 0.29) is 15.8 Å². The standard InChI is InChI=1S/C11H16N2O5S2/c1-6(2)13-8(14)4-12-20(17,18)10-7(3)5-19-9(10)11(15)16/h5-6,12H,4H2,1-3H3,(H,13,14)(H,15,16). The van der Waals surface area contributed by atoms with Crippen LogP contribution in [0.25, 0.3) is 0 Å². The molecule has 0 bridgehead atoms. The van der Waals surface area contributed by atoms with Gasteiger partial charge in [-0.2, -0.15) is 0 Å². The minimum Gasteiger partial charge on any atom is -0.477 e. The summed E-state index contributed by atoms with van der Waals surface area (Å²) < 4.78 is 26.3. The molecule has 0 aliphatic heterocycles. The second kappa shape index (κ2) is 6.33. The molecule has 1 heterocycles. The van der Waals surface area contributed by atoms with Gasteiger partial charge in [0.2, 0.25) is 15.9 Å². The summed E-state index contributed by atoms with van der Waals surface area (Å²) in [6, 6.07) is -0.107. The maximum atomic E-state index is 12.1. The van der Waals surface area contributed by atoms with Crippen LogP contribution < -0.4 is 10.0 Å². The molecule has 0 aliphatic carbocycles. The lowest BCUT2D eigenvalue weighted by atomic mass is 10.3. The molecular formula is C11H16N2O5S2. The number of sulfonamides is 1. The van der Waals surface area contributed by atoms with Gasteiger partial charge in [0.15, 0.2) is 0 Å². The average Bonchev–Trinajstić information content (AvgIpc) is 2.68. The number of carboxylic acid groups (broad SMARTS) is 1. The summed E-state index contributed by atoms with van der Waals surface area (Å²) in [6.07, 6.45) is 0. The van der Waals surface area contributed by atoms with Crippen molar-refractivity contribution in [3.05, 3.63) is 15.8 Å². The van der Waals surface area contributed by atoms with E-state index in [4.69, 9.17) is 5.11 Å². The molecule has 1 amide bonds. The zero-order valence-corrected chi connectivity index (χ0v) is 12.9. The highest BCUT2D eigenvalue weighted by molar-refractivity contribution is 7.89. The van der Waals surface area contributed by atoms with Crippen molar-refractivity contribution in [3.63, 3.8) is 0 Å². The molecule has 0 unspecified atom stereocenters. The number of nitrogens with one attached hydrogen (secondary N) is 2. The zero-order valence-electron chi connectivity index (χ0n) is 11.3. The Kier molecular flexibility index (Phi) is 5.26. The van der Waals surface area contributed by atoms with Crippen LogP contribution in [-0.4, -0.2) is 38.0 Å². The van der Waals surface area contributed by atoms with Crippen molar-refractivity contribution >= 4 is 33.2 Å². The summed E-state index contributed by atoms with van der Waals surface area (Å²) in [5, 5.41) is 13.0. The number of carbonyl (C=O) groups is 2. The van der Waals surface area contributed by atoms with Crippen LogP contribution in [-0.2, 0) is 14.8 Å². The van der Waals surface area contributed by atoms with Gasteiger partial charge in [-0.1, -0.05) is 0 Å². The zero-order chi connectivity index (χ0) is 15.5. The minimum absolute atomic E-state index is 0.107. The average molecular weight is 320 g/mol. The van der Waals surface area contributed by atoms with Gasteiger partial charge in [0.25, 0.3) is 0 Å². The fourth-order valence-electron chi connectivity index (χ4n) is 1.52. The third-order valence-corrected chi connectivity index (χ3v) is 5.06. The highest BCUT2D eigenvalue weighted by Crippen LogP contribution is 2.26. The number of carbonyl (C=O) groups excluding carboxylic acids is 1.